The summed E-state index contributed by atoms with van der Waals surface area (Å²) >= 11 is 0. The Bertz CT molecular complexity index is 557. The number of fused-ring (bicyclic) bond motifs is 1. The van der Waals surface area contributed by atoms with Crippen LogP contribution in [0.25, 0.3) is 0 Å². The van der Waals surface area contributed by atoms with Crippen molar-refractivity contribution in [2.75, 3.05) is 19.7 Å². The quantitative estimate of drug-likeness (QED) is 0.816. The van der Waals surface area contributed by atoms with Gasteiger partial charge in [-0.25, -0.2) is 0 Å². The van der Waals surface area contributed by atoms with E-state index < -0.39 is 0 Å². The molecule has 126 valence electrons. The highest BCUT2D eigenvalue weighted by Gasteiger charge is 2.25. The van der Waals surface area contributed by atoms with E-state index in [4.69, 9.17) is 4.74 Å². The summed E-state index contributed by atoms with van der Waals surface area (Å²) in [5.41, 5.74) is 1.08. The number of hydrogen-bond acceptors (Lipinski definition) is 3. The van der Waals surface area contributed by atoms with Crippen molar-refractivity contribution in [3.8, 4) is 5.75 Å². The Kier molecular flexibility index (Phi) is 6.02. The summed E-state index contributed by atoms with van der Waals surface area (Å²) in [6.45, 7) is 7.24. The van der Waals surface area contributed by atoms with Gasteiger partial charge in [-0.15, -0.1) is 0 Å². The predicted octanol–water partition coefficient (Wildman–Crippen LogP) is 2.00. The van der Waals surface area contributed by atoms with Crippen molar-refractivity contribution in [2.45, 2.75) is 39.7 Å². The van der Waals surface area contributed by atoms with Crippen molar-refractivity contribution in [2.24, 2.45) is 5.92 Å². The van der Waals surface area contributed by atoms with Crippen LogP contribution in [0.4, 0.5) is 0 Å². The lowest BCUT2D eigenvalue weighted by Gasteiger charge is -2.26. The van der Waals surface area contributed by atoms with Crippen LogP contribution in [0, 0.1) is 5.92 Å². The van der Waals surface area contributed by atoms with Crippen molar-refractivity contribution in [1.29, 1.82) is 0 Å². The van der Waals surface area contributed by atoms with E-state index in [1.54, 1.807) is 6.92 Å². The molecule has 1 aromatic carbocycles. The number of carbonyl (C=O) groups excluding carboxylic acids is 2. The third-order valence-electron chi connectivity index (χ3n) is 4.15. The standard InChI is InChI=1S/C18H26N2O3/c1-13(2)20(14(3)21)10-6-9-19-18(22)16-11-15-7-4-5-8-17(15)23-12-16/h4-5,7-8,13,16H,6,9-12H2,1-3H3,(H,19,22)/t16-/m1/s1. The van der Waals surface area contributed by atoms with Gasteiger partial charge in [-0.2, -0.15) is 0 Å². The third kappa shape index (κ3) is 4.71. The SMILES string of the molecule is CC(=O)N(CCCNC(=O)[C@H]1COc2ccccc2C1)C(C)C. The molecule has 2 rings (SSSR count). The smallest absolute Gasteiger partial charge is 0.226 e. The fourth-order valence-corrected chi connectivity index (χ4v) is 2.88. The van der Waals surface area contributed by atoms with E-state index in [2.05, 4.69) is 5.32 Å². The van der Waals surface area contributed by atoms with Crippen molar-refractivity contribution < 1.29 is 14.3 Å². The van der Waals surface area contributed by atoms with Crippen LogP contribution in [-0.4, -0.2) is 42.5 Å². The number of rotatable bonds is 6. The molecule has 5 heteroatoms. The molecule has 1 heterocycles. The average molecular weight is 318 g/mol. The van der Waals surface area contributed by atoms with Gasteiger partial charge in [-0.1, -0.05) is 18.2 Å². The Morgan fingerprint density at radius 1 is 1.35 bits per heavy atom. The zero-order valence-corrected chi connectivity index (χ0v) is 14.2. The molecule has 0 aliphatic carbocycles. The van der Waals surface area contributed by atoms with Crippen LogP contribution in [0.3, 0.4) is 0 Å². The minimum Gasteiger partial charge on any atom is -0.492 e. The Morgan fingerprint density at radius 2 is 2.09 bits per heavy atom. The molecule has 0 fully saturated rings. The summed E-state index contributed by atoms with van der Waals surface area (Å²) in [6, 6.07) is 8.03. The fourth-order valence-electron chi connectivity index (χ4n) is 2.88. The highest BCUT2D eigenvalue weighted by Crippen LogP contribution is 2.26. The van der Waals surface area contributed by atoms with E-state index in [-0.39, 0.29) is 23.8 Å². The first-order chi connectivity index (χ1) is 11.0. The van der Waals surface area contributed by atoms with E-state index in [0.717, 1.165) is 17.7 Å². The first-order valence-electron chi connectivity index (χ1n) is 8.24. The van der Waals surface area contributed by atoms with Gasteiger partial charge in [0.15, 0.2) is 0 Å². The largest absolute Gasteiger partial charge is 0.492 e. The highest BCUT2D eigenvalue weighted by molar-refractivity contribution is 5.79. The van der Waals surface area contributed by atoms with Crippen LogP contribution in [0.15, 0.2) is 24.3 Å². The molecule has 1 aromatic rings. The lowest BCUT2D eigenvalue weighted by atomic mass is 9.96. The van der Waals surface area contributed by atoms with Gasteiger partial charge in [0.2, 0.25) is 11.8 Å². The Hall–Kier alpha value is -2.04. The van der Waals surface area contributed by atoms with Crippen LogP contribution in [0.2, 0.25) is 0 Å². The number of carbonyl (C=O) groups is 2. The molecule has 2 amide bonds. The number of amides is 2. The van der Waals surface area contributed by atoms with Gasteiger partial charge < -0.3 is 15.0 Å². The minimum atomic E-state index is -0.140. The second-order valence-electron chi connectivity index (χ2n) is 6.27. The van der Waals surface area contributed by atoms with Crippen molar-refractivity contribution >= 4 is 11.8 Å². The maximum Gasteiger partial charge on any atom is 0.226 e. The zero-order chi connectivity index (χ0) is 16.8. The Labute approximate surface area is 138 Å². The van der Waals surface area contributed by atoms with Crippen molar-refractivity contribution in [3.05, 3.63) is 29.8 Å². The van der Waals surface area contributed by atoms with E-state index >= 15 is 0 Å². The van der Waals surface area contributed by atoms with E-state index in [9.17, 15) is 9.59 Å². The van der Waals surface area contributed by atoms with Gasteiger partial charge in [-0.3, -0.25) is 9.59 Å². The first-order valence-corrected chi connectivity index (χ1v) is 8.24. The molecule has 23 heavy (non-hydrogen) atoms. The summed E-state index contributed by atoms with van der Waals surface area (Å²) in [5.74, 6) is 0.839. The van der Waals surface area contributed by atoms with Gasteiger partial charge in [0.25, 0.3) is 0 Å². The summed E-state index contributed by atoms with van der Waals surface area (Å²) in [4.78, 5) is 25.6. The summed E-state index contributed by atoms with van der Waals surface area (Å²) < 4.78 is 5.65. The molecule has 1 aliphatic rings. The molecule has 0 unspecified atom stereocenters. The maximum absolute atomic E-state index is 12.2. The Balaban J connectivity index is 1.75. The monoisotopic (exact) mass is 318 g/mol. The summed E-state index contributed by atoms with van der Waals surface area (Å²) in [7, 11) is 0. The number of ether oxygens (including phenoxy) is 1. The molecule has 0 saturated carbocycles. The number of hydrogen-bond donors (Lipinski definition) is 1. The van der Waals surface area contributed by atoms with Crippen LogP contribution in [0.1, 0.15) is 32.8 Å². The highest BCUT2D eigenvalue weighted by atomic mass is 16.5. The fraction of sp³-hybridized carbons (Fsp3) is 0.556. The number of nitrogens with zero attached hydrogens (tertiary/aromatic N) is 1. The van der Waals surface area contributed by atoms with Gasteiger partial charge in [0.05, 0.1) is 5.92 Å². The van der Waals surface area contributed by atoms with Gasteiger partial charge in [-0.05, 0) is 38.3 Å². The van der Waals surface area contributed by atoms with Gasteiger partial charge in [0, 0.05) is 26.1 Å². The van der Waals surface area contributed by atoms with Crippen LogP contribution in [0.5, 0.6) is 5.75 Å². The summed E-state index contributed by atoms with van der Waals surface area (Å²) in [5, 5.41) is 2.96. The van der Waals surface area contributed by atoms with Gasteiger partial charge >= 0.3 is 0 Å². The first kappa shape index (κ1) is 17.3. The van der Waals surface area contributed by atoms with Crippen molar-refractivity contribution in [1.82, 2.24) is 10.2 Å². The lowest BCUT2D eigenvalue weighted by molar-refractivity contribution is -0.130. The average Bonchev–Trinajstić information content (AvgIpc) is 2.53. The van der Waals surface area contributed by atoms with Crippen LogP contribution >= 0.6 is 0 Å². The number of nitrogens with one attached hydrogen (secondary N) is 1. The zero-order valence-electron chi connectivity index (χ0n) is 14.2. The molecular formula is C18H26N2O3. The molecule has 1 N–H and O–H groups in total. The normalized spacial score (nSPS) is 16.4. The van der Waals surface area contributed by atoms with E-state index in [1.165, 1.54) is 0 Å². The molecule has 0 bridgehead atoms. The topological polar surface area (TPSA) is 58.6 Å². The summed E-state index contributed by atoms with van der Waals surface area (Å²) in [6.07, 6.45) is 1.47. The van der Waals surface area contributed by atoms with E-state index in [1.807, 2.05) is 43.0 Å². The molecule has 0 aromatic heterocycles. The third-order valence-corrected chi connectivity index (χ3v) is 4.15. The van der Waals surface area contributed by atoms with Gasteiger partial charge in [0.1, 0.15) is 12.4 Å². The molecular weight excluding hydrogens is 292 g/mol. The molecule has 1 atom stereocenters. The molecule has 0 spiro atoms. The maximum atomic E-state index is 12.2. The molecule has 0 saturated heterocycles. The second-order valence-corrected chi connectivity index (χ2v) is 6.27. The second kappa shape index (κ2) is 7.99. The number of benzene rings is 1. The molecule has 0 radical (unpaired) electrons. The predicted molar refractivity (Wildman–Crippen MR) is 89.3 cm³/mol. The van der Waals surface area contributed by atoms with Crippen LogP contribution in [-0.2, 0) is 16.0 Å². The number of para-hydroxylation sites is 1. The van der Waals surface area contributed by atoms with Crippen molar-refractivity contribution in [3.63, 3.8) is 0 Å². The lowest BCUT2D eigenvalue weighted by Crippen LogP contribution is -2.40. The minimum absolute atomic E-state index is 0.0263. The molecule has 1 aliphatic heterocycles. The Morgan fingerprint density at radius 3 is 2.78 bits per heavy atom. The van der Waals surface area contributed by atoms with Crippen LogP contribution < -0.4 is 10.1 Å². The molecule has 5 nitrogen and oxygen atoms in total. The van der Waals surface area contributed by atoms with E-state index in [0.29, 0.717) is 26.1 Å².